The molecule has 6 rings (SSSR count). The molecule has 2 aliphatic rings. The van der Waals surface area contributed by atoms with Gasteiger partial charge in [-0.15, -0.1) is 0 Å². The molecule has 2 aromatic carbocycles. The van der Waals surface area contributed by atoms with Crippen LogP contribution in [0.25, 0.3) is 20.9 Å². The van der Waals surface area contributed by atoms with Crippen molar-refractivity contribution in [1.29, 1.82) is 0 Å². The molecule has 37 heavy (non-hydrogen) atoms. The van der Waals surface area contributed by atoms with Gasteiger partial charge in [-0.1, -0.05) is 67.0 Å². The molecule has 0 unspecified atom stereocenters. The van der Waals surface area contributed by atoms with Crippen molar-refractivity contribution in [3.05, 3.63) is 83.3 Å². The van der Waals surface area contributed by atoms with Crippen molar-refractivity contribution >= 4 is 27.8 Å². The molecule has 6 nitrogen and oxygen atoms in total. The smallest absolute Gasteiger partial charge is 0.450 e. The molecular weight excluding hydrogens is 489 g/mol. The molecule has 2 aromatic heterocycles. The molecule has 4 aromatic rings. The fraction of sp³-hybridized carbons (Fsp3) is 0.345. The Labute approximate surface area is 218 Å². The summed E-state index contributed by atoms with van der Waals surface area (Å²) in [5.41, 5.74) is 4.40. The van der Waals surface area contributed by atoms with Gasteiger partial charge in [0, 0.05) is 30.6 Å². The Bertz CT molecular complexity index is 1430. The monoisotopic (exact) mass is 517 g/mol. The highest BCUT2D eigenvalue weighted by Crippen LogP contribution is 2.45. The highest BCUT2D eigenvalue weighted by atomic mass is 32.1. The Morgan fingerprint density at radius 3 is 2.57 bits per heavy atom. The number of thiazole rings is 1. The third kappa shape index (κ3) is 4.71. The molecule has 1 saturated heterocycles. The zero-order valence-corrected chi connectivity index (χ0v) is 21.2. The molecule has 0 amide bonds. The first-order valence-electron chi connectivity index (χ1n) is 12.7. The van der Waals surface area contributed by atoms with Gasteiger partial charge in [0.2, 0.25) is 0 Å². The molecule has 1 saturated carbocycles. The van der Waals surface area contributed by atoms with Crippen molar-refractivity contribution < 1.29 is 19.0 Å². The molecule has 0 atom stereocenters. The first-order chi connectivity index (χ1) is 18.0. The Hall–Kier alpha value is -3.36. The van der Waals surface area contributed by atoms with Crippen LogP contribution >= 0.6 is 11.3 Å². The van der Waals surface area contributed by atoms with Gasteiger partial charge >= 0.3 is 6.16 Å². The molecule has 8 heteroatoms. The average molecular weight is 518 g/mol. The molecular formula is C29H28FN3O3S. The van der Waals surface area contributed by atoms with Crippen molar-refractivity contribution in [2.45, 2.75) is 50.2 Å². The number of ether oxygens (including phenoxy) is 1. The minimum atomic E-state index is -1.26. The van der Waals surface area contributed by atoms with Gasteiger partial charge in [0.15, 0.2) is 0 Å². The summed E-state index contributed by atoms with van der Waals surface area (Å²) in [4.78, 5) is 23.3. The van der Waals surface area contributed by atoms with Gasteiger partial charge in [0.05, 0.1) is 5.69 Å². The number of pyridine rings is 1. The van der Waals surface area contributed by atoms with E-state index in [4.69, 9.17) is 19.8 Å². The molecule has 1 aliphatic heterocycles. The van der Waals surface area contributed by atoms with Crippen LogP contribution in [0.4, 0.5) is 9.18 Å². The summed E-state index contributed by atoms with van der Waals surface area (Å²) in [6, 6.07) is 20.1. The number of hydrogen-bond acceptors (Lipinski definition) is 6. The highest BCUT2D eigenvalue weighted by Gasteiger charge is 2.37. The second-order valence-corrected chi connectivity index (χ2v) is 11.0. The van der Waals surface area contributed by atoms with Crippen LogP contribution in [0.5, 0.6) is 0 Å². The van der Waals surface area contributed by atoms with Gasteiger partial charge in [-0.2, -0.15) is 0 Å². The Balaban J connectivity index is 1.25. The number of benzene rings is 2. The lowest BCUT2D eigenvalue weighted by Crippen LogP contribution is -2.52. The summed E-state index contributed by atoms with van der Waals surface area (Å²) in [5.74, 6) is -0.316. The molecule has 2 fully saturated rings. The van der Waals surface area contributed by atoms with E-state index >= 15 is 4.39 Å². The van der Waals surface area contributed by atoms with E-state index in [9.17, 15) is 4.79 Å². The van der Waals surface area contributed by atoms with Crippen LogP contribution in [0.15, 0.2) is 60.7 Å². The molecule has 190 valence electrons. The molecule has 0 radical (unpaired) electrons. The van der Waals surface area contributed by atoms with Gasteiger partial charge in [0.1, 0.15) is 27.3 Å². The molecule has 3 heterocycles. The maximum absolute atomic E-state index is 15.2. The molecule has 0 bridgehead atoms. The average Bonchev–Trinajstić information content (AvgIpc) is 3.31. The maximum Gasteiger partial charge on any atom is 0.506 e. The third-order valence-corrected chi connectivity index (χ3v) is 8.64. The van der Waals surface area contributed by atoms with Crippen LogP contribution in [-0.4, -0.2) is 45.3 Å². The van der Waals surface area contributed by atoms with Gasteiger partial charge in [-0.3, -0.25) is 4.90 Å². The lowest BCUT2D eigenvalue weighted by Gasteiger charge is -2.37. The van der Waals surface area contributed by atoms with Crippen LogP contribution in [0.2, 0.25) is 0 Å². The number of hydrogen-bond donors (Lipinski definition) is 1. The summed E-state index contributed by atoms with van der Waals surface area (Å²) in [6.07, 6.45) is 4.22. The summed E-state index contributed by atoms with van der Waals surface area (Å²) < 4.78 is 19.9. The first kappa shape index (κ1) is 24.0. The number of rotatable bonds is 6. The van der Waals surface area contributed by atoms with Crippen molar-refractivity contribution in [2.75, 3.05) is 13.1 Å². The summed E-state index contributed by atoms with van der Waals surface area (Å²) >= 11 is 1.43. The number of carbonyl (C=O) groups is 1. The van der Waals surface area contributed by atoms with Crippen LogP contribution in [-0.2, 0) is 16.7 Å². The number of aromatic nitrogens is 2. The lowest BCUT2D eigenvalue weighted by atomic mass is 9.67. The molecule has 0 spiro atoms. The predicted octanol–water partition coefficient (Wildman–Crippen LogP) is 6.63. The summed E-state index contributed by atoms with van der Waals surface area (Å²) in [6.45, 7) is 1.58. The van der Waals surface area contributed by atoms with Gasteiger partial charge in [-0.05, 0) is 48.2 Å². The van der Waals surface area contributed by atoms with Crippen molar-refractivity contribution in [3.63, 3.8) is 0 Å². The van der Waals surface area contributed by atoms with Crippen molar-refractivity contribution in [3.8, 4) is 10.6 Å². The van der Waals surface area contributed by atoms with Crippen molar-refractivity contribution in [2.24, 2.45) is 0 Å². The zero-order valence-electron chi connectivity index (χ0n) is 20.4. The first-order valence-corrected chi connectivity index (χ1v) is 13.6. The minimum absolute atomic E-state index is 0.0872. The minimum Gasteiger partial charge on any atom is -0.450 e. The zero-order chi connectivity index (χ0) is 25.4. The van der Waals surface area contributed by atoms with E-state index in [0.717, 1.165) is 34.4 Å². The fourth-order valence-corrected chi connectivity index (χ4v) is 6.73. The van der Waals surface area contributed by atoms with E-state index in [0.29, 0.717) is 30.2 Å². The number of carboxylic acid groups (broad SMARTS) is 1. The van der Waals surface area contributed by atoms with E-state index in [-0.39, 0.29) is 17.3 Å². The number of halogens is 1. The van der Waals surface area contributed by atoms with Crippen LogP contribution in [0.1, 0.15) is 48.9 Å². The van der Waals surface area contributed by atoms with Crippen LogP contribution < -0.4 is 0 Å². The Morgan fingerprint density at radius 2 is 1.84 bits per heavy atom. The van der Waals surface area contributed by atoms with E-state index in [1.54, 1.807) is 6.07 Å². The number of nitrogens with zero attached hydrogens (tertiary/aromatic N) is 3. The van der Waals surface area contributed by atoms with Crippen LogP contribution in [0.3, 0.4) is 0 Å². The molecule has 1 N–H and O–H groups in total. The van der Waals surface area contributed by atoms with E-state index in [1.807, 2.05) is 17.0 Å². The fourth-order valence-electron chi connectivity index (χ4n) is 5.76. The summed E-state index contributed by atoms with van der Waals surface area (Å²) in [7, 11) is 0. The summed E-state index contributed by atoms with van der Waals surface area (Å²) in [5, 5.41) is 9.32. The van der Waals surface area contributed by atoms with Crippen LogP contribution in [0, 0.1) is 5.82 Å². The van der Waals surface area contributed by atoms with Gasteiger partial charge in [-0.25, -0.2) is 19.2 Å². The SMILES string of the molecule is O=C(O)OC1CN(Cc2ccc(-c3nc4ccc(C5(c6ccccc6)CCCCC5)nc4s3)c(F)c2)C1. The Morgan fingerprint density at radius 1 is 1.05 bits per heavy atom. The highest BCUT2D eigenvalue weighted by molar-refractivity contribution is 7.21. The topological polar surface area (TPSA) is 75.6 Å². The largest absolute Gasteiger partial charge is 0.506 e. The number of likely N-dealkylation sites (tertiary alicyclic amines) is 1. The standard InChI is InChI=1S/C29H28FN3O3S/c30-23-15-19(16-33-17-21(18-33)36-28(34)35)9-10-22(23)26-31-24-11-12-25(32-27(24)37-26)29(13-5-2-6-14-29)20-7-3-1-4-8-20/h1,3-4,7-12,15,21H,2,5-6,13-14,16-18H2,(H,34,35). The van der Waals surface area contributed by atoms with E-state index < -0.39 is 6.16 Å². The van der Waals surface area contributed by atoms with E-state index in [2.05, 4.69) is 36.4 Å². The second-order valence-electron chi connectivity index (χ2n) is 10.1. The van der Waals surface area contributed by atoms with Crippen molar-refractivity contribution in [1.82, 2.24) is 14.9 Å². The van der Waals surface area contributed by atoms with Gasteiger partial charge < -0.3 is 9.84 Å². The normalized spacial score (nSPS) is 18.0. The Kier molecular flexibility index (Phi) is 6.38. The predicted molar refractivity (Wildman–Crippen MR) is 141 cm³/mol. The van der Waals surface area contributed by atoms with E-state index in [1.165, 1.54) is 42.2 Å². The third-order valence-electron chi connectivity index (χ3n) is 7.64. The maximum atomic E-state index is 15.2. The second kappa shape index (κ2) is 9.84. The van der Waals surface area contributed by atoms with Gasteiger partial charge in [0.25, 0.3) is 0 Å². The molecule has 1 aliphatic carbocycles. The number of fused-ring (bicyclic) bond motifs is 1. The quantitative estimate of drug-likeness (QED) is 0.290. The lowest BCUT2D eigenvalue weighted by molar-refractivity contribution is -0.0363.